The number of halogens is 1. The van der Waals surface area contributed by atoms with Crippen LogP contribution in [0.15, 0.2) is 23.4 Å². The average Bonchev–Trinajstić information content (AvgIpc) is 2.59. The fourth-order valence-electron chi connectivity index (χ4n) is 2.35. The van der Waals surface area contributed by atoms with Crippen molar-refractivity contribution in [1.82, 2.24) is 9.97 Å². The van der Waals surface area contributed by atoms with E-state index in [9.17, 15) is 9.18 Å². The molecule has 0 aliphatic rings. The van der Waals surface area contributed by atoms with Gasteiger partial charge in [-0.25, -0.2) is 14.4 Å². The topological polar surface area (TPSA) is 75.9 Å². The molecule has 130 valence electrons. The van der Waals surface area contributed by atoms with Crippen LogP contribution in [0.1, 0.15) is 34.5 Å². The number of nitrogens with zero attached hydrogens (tertiary/aromatic N) is 3. The van der Waals surface area contributed by atoms with Crippen LogP contribution in [-0.2, 0) is 22.6 Å². The van der Waals surface area contributed by atoms with Gasteiger partial charge in [-0.1, -0.05) is 17.8 Å². The van der Waals surface area contributed by atoms with Crippen molar-refractivity contribution in [3.63, 3.8) is 0 Å². The first-order chi connectivity index (χ1) is 11.9. The quantitative estimate of drug-likeness (QED) is 0.446. The third-order valence-corrected chi connectivity index (χ3v) is 4.28. The zero-order valence-electron chi connectivity index (χ0n) is 14.3. The molecule has 1 aromatic carbocycles. The second kappa shape index (κ2) is 8.58. The van der Waals surface area contributed by atoms with Crippen molar-refractivity contribution in [3.8, 4) is 6.07 Å². The molecule has 0 aliphatic heterocycles. The lowest BCUT2D eigenvalue weighted by Gasteiger charge is -2.10. The number of aromatic nitrogens is 2. The van der Waals surface area contributed by atoms with E-state index >= 15 is 0 Å². The summed E-state index contributed by atoms with van der Waals surface area (Å²) < 4.78 is 18.9. The minimum Gasteiger partial charge on any atom is -0.461 e. The van der Waals surface area contributed by atoms with E-state index in [0.717, 1.165) is 23.0 Å². The Morgan fingerprint density at radius 2 is 2.00 bits per heavy atom. The number of carbonyl (C=O) groups excluding carboxylic acids is 1. The first-order valence-electron chi connectivity index (χ1n) is 7.67. The van der Waals surface area contributed by atoms with Gasteiger partial charge in [0, 0.05) is 23.4 Å². The zero-order chi connectivity index (χ0) is 18.4. The molecule has 1 heterocycles. The summed E-state index contributed by atoms with van der Waals surface area (Å²) in [5.41, 5.74) is 3.10. The van der Waals surface area contributed by atoms with E-state index in [2.05, 4.69) is 9.97 Å². The number of benzene rings is 1. The first kappa shape index (κ1) is 18.9. The van der Waals surface area contributed by atoms with Crippen LogP contribution in [0.25, 0.3) is 0 Å². The van der Waals surface area contributed by atoms with Gasteiger partial charge in [0.25, 0.3) is 0 Å². The van der Waals surface area contributed by atoms with Crippen LogP contribution >= 0.6 is 11.8 Å². The Morgan fingerprint density at radius 3 is 2.56 bits per heavy atom. The molecular formula is C18H18FN3O2S. The summed E-state index contributed by atoms with van der Waals surface area (Å²) in [7, 11) is 0. The number of hydrogen-bond acceptors (Lipinski definition) is 6. The molecule has 5 nitrogen and oxygen atoms in total. The lowest BCUT2D eigenvalue weighted by molar-refractivity contribution is -0.144. The molecule has 0 spiro atoms. The van der Waals surface area contributed by atoms with Crippen LogP contribution in [0.5, 0.6) is 0 Å². The van der Waals surface area contributed by atoms with Crippen molar-refractivity contribution < 1.29 is 13.9 Å². The summed E-state index contributed by atoms with van der Waals surface area (Å²) in [6.45, 7) is 3.62. The second-order valence-corrected chi connectivity index (χ2v) is 6.21. The van der Waals surface area contributed by atoms with Gasteiger partial charge >= 0.3 is 5.97 Å². The van der Waals surface area contributed by atoms with Crippen LogP contribution in [-0.4, -0.2) is 22.2 Å². The fourth-order valence-corrected chi connectivity index (χ4v) is 2.81. The Bertz CT molecular complexity index is 811. The normalized spacial score (nSPS) is 10.4. The van der Waals surface area contributed by atoms with Crippen LogP contribution in [0, 0.1) is 31.0 Å². The number of nitriles is 1. The van der Waals surface area contributed by atoms with Gasteiger partial charge in [-0.2, -0.15) is 5.26 Å². The summed E-state index contributed by atoms with van der Waals surface area (Å²) in [5.74, 6) is -0.976. The molecule has 0 saturated heterocycles. The van der Waals surface area contributed by atoms with Gasteiger partial charge in [-0.3, -0.25) is 4.79 Å². The van der Waals surface area contributed by atoms with Gasteiger partial charge in [0.15, 0.2) is 5.16 Å². The van der Waals surface area contributed by atoms with Gasteiger partial charge < -0.3 is 4.74 Å². The Morgan fingerprint density at radius 1 is 1.32 bits per heavy atom. The molecule has 2 aromatic rings. The lowest BCUT2D eigenvalue weighted by Crippen LogP contribution is -2.09. The largest absolute Gasteiger partial charge is 0.461 e. The van der Waals surface area contributed by atoms with E-state index in [-0.39, 0.29) is 24.2 Å². The minimum atomic E-state index is -0.556. The number of esters is 1. The highest BCUT2D eigenvalue weighted by Crippen LogP contribution is 2.18. The van der Waals surface area contributed by atoms with Crippen LogP contribution < -0.4 is 0 Å². The van der Waals surface area contributed by atoms with Crippen molar-refractivity contribution in [1.29, 1.82) is 5.26 Å². The SMILES string of the molecule is CSc1nc(C)c(CCC(=O)OCc2ccc(C#N)cc2F)c(C)n1. The Balaban J connectivity index is 1.93. The number of thioether (sulfide) groups is 1. The van der Waals surface area contributed by atoms with E-state index in [4.69, 9.17) is 10.00 Å². The monoisotopic (exact) mass is 359 g/mol. The van der Waals surface area contributed by atoms with Gasteiger partial charge in [0.1, 0.15) is 12.4 Å². The third kappa shape index (κ3) is 5.00. The smallest absolute Gasteiger partial charge is 0.306 e. The predicted octanol–water partition coefficient (Wildman–Crippen LogP) is 3.50. The summed E-state index contributed by atoms with van der Waals surface area (Å²) in [5, 5.41) is 9.42. The van der Waals surface area contributed by atoms with E-state index in [0.29, 0.717) is 11.6 Å². The maximum atomic E-state index is 13.8. The molecule has 0 radical (unpaired) electrons. The first-order valence-corrected chi connectivity index (χ1v) is 8.89. The molecule has 2 rings (SSSR count). The summed E-state index contributed by atoms with van der Waals surface area (Å²) >= 11 is 1.47. The average molecular weight is 359 g/mol. The summed E-state index contributed by atoms with van der Waals surface area (Å²) in [6.07, 6.45) is 2.55. The van der Waals surface area contributed by atoms with Crippen LogP contribution in [0.3, 0.4) is 0 Å². The van der Waals surface area contributed by atoms with Crippen molar-refractivity contribution in [3.05, 3.63) is 52.1 Å². The molecule has 1 aromatic heterocycles. The molecule has 0 aliphatic carbocycles. The second-order valence-electron chi connectivity index (χ2n) is 5.44. The molecule has 7 heteroatoms. The molecule has 0 fully saturated rings. The van der Waals surface area contributed by atoms with Crippen molar-refractivity contribution in [2.45, 2.75) is 38.5 Å². The molecule has 0 saturated carbocycles. The number of ether oxygens (including phenoxy) is 1. The molecule has 0 atom stereocenters. The highest BCUT2D eigenvalue weighted by Gasteiger charge is 2.12. The Kier molecular flexibility index (Phi) is 6.48. The number of aryl methyl sites for hydroxylation is 2. The van der Waals surface area contributed by atoms with Crippen molar-refractivity contribution in [2.24, 2.45) is 0 Å². The van der Waals surface area contributed by atoms with E-state index < -0.39 is 11.8 Å². The predicted molar refractivity (Wildman–Crippen MR) is 92.5 cm³/mol. The highest BCUT2D eigenvalue weighted by atomic mass is 32.2. The van der Waals surface area contributed by atoms with Gasteiger partial charge in [0.2, 0.25) is 0 Å². The van der Waals surface area contributed by atoms with E-state index in [1.54, 1.807) is 0 Å². The highest BCUT2D eigenvalue weighted by molar-refractivity contribution is 7.98. The minimum absolute atomic E-state index is 0.156. The van der Waals surface area contributed by atoms with Gasteiger partial charge in [-0.05, 0) is 44.2 Å². The maximum Gasteiger partial charge on any atom is 0.306 e. The molecule has 0 amide bonds. The lowest BCUT2D eigenvalue weighted by atomic mass is 10.1. The standard InChI is InChI=1S/C18H18FN3O2S/c1-11-15(12(2)22-18(21-11)25-3)6-7-17(23)24-10-14-5-4-13(9-20)8-16(14)19/h4-5,8H,6-7,10H2,1-3H3. The van der Waals surface area contributed by atoms with Crippen LogP contribution in [0.2, 0.25) is 0 Å². The van der Waals surface area contributed by atoms with Gasteiger partial charge in [-0.15, -0.1) is 0 Å². The van der Waals surface area contributed by atoms with E-state index in [1.165, 1.54) is 23.9 Å². The number of carbonyl (C=O) groups is 1. The number of rotatable bonds is 6. The third-order valence-electron chi connectivity index (χ3n) is 3.73. The number of hydrogen-bond donors (Lipinski definition) is 0. The van der Waals surface area contributed by atoms with E-state index in [1.807, 2.05) is 26.2 Å². The molecule has 0 bridgehead atoms. The maximum absolute atomic E-state index is 13.8. The zero-order valence-corrected chi connectivity index (χ0v) is 15.1. The summed E-state index contributed by atoms with van der Waals surface area (Å²) in [6, 6.07) is 5.92. The Labute approximate surface area is 150 Å². The van der Waals surface area contributed by atoms with Crippen molar-refractivity contribution in [2.75, 3.05) is 6.26 Å². The van der Waals surface area contributed by atoms with Crippen molar-refractivity contribution >= 4 is 17.7 Å². The fraction of sp³-hybridized carbons (Fsp3) is 0.333. The van der Waals surface area contributed by atoms with Gasteiger partial charge in [0.05, 0.1) is 11.6 Å². The molecule has 25 heavy (non-hydrogen) atoms. The Hall–Kier alpha value is -2.46. The molecule has 0 unspecified atom stereocenters. The molecular weight excluding hydrogens is 341 g/mol. The summed E-state index contributed by atoms with van der Waals surface area (Å²) in [4.78, 5) is 20.7. The molecule has 0 N–H and O–H groups in total. The van der Waals surface area contributed by atoms with Crippen LogP contribution in [0.4, 0.5) is 4.39 Å².